The Bertz CT molecular complexity index is 779. The van der Waals surface area contributed by atoms with E-state index in [1.165, 1.54) is 0 Å². The monoisotopic (exact) mass is 335 g/mol. The van der Waals surface area contributed by atoms with E-state index in [1.807, 2.05) is 58.1 Å². The average molecular weight is 335 g/mol. The molecule has 0 unspecified atom stereocenters. The Kier molecular flexibility index (Phi) is 4.81. The Hall–Kier alpha value is -2.39. The minimum absolute atomic E-state index is 0.0638. The van der Waals surface area contributed by atoms with Crippen molar-refractivity contribution in [3.8, 4) is 0 Å². The molecule has 3 rings (SSSR count). The molecule has 0 aliphatic heterocycles. The van der Waals surface area contributed by atoms with Crippen LogP contribution in [0.15, 0.2) is 77.5 Å². The second kappa shape index (κ2) is 7.02. The van der Waals surface area contributed by atoms with Crippen molar-refractivity contribution in [1.29, 1.82) is 0 Å². The van der Waals surface area contributed by atoms with Gasteiger partial charge >= 0.3 is 0 Å². The molecule has 1 heterocycles. The Balaban J connectivity index is 1.99. The largest absolute Gasteiger partial charge is 0.325 e. The molecule has 0 spiro atoms. The maximum absolute atomic E-state index is 13.2. The van der Waals surface area contributed by atoms with Gasteiger partial charge in [-0.3, -0.25) is 4.79 Å². The molecular weight excluding hydrogens is 314 g/mol. The number of hydrogen-bond donors (Lipinski definition) is 0. The van der Waals surface area contributed by atoms with Gasteiger partial charge in [-0.1, -0.05) is 60.7 Å². The first-order chi connectivity index (χ1) is 11.6. The molecule has 122 valence electrons. The number of carbonyl (C=O) groups excluding carboxylic acids is 1. The molecule has 1 amide bonds. The van der Waals surface area contributed by atoms with Crippen molar-refractivity contribution in [3.63, 3.8) is 0 Å². The third-order valence-electron chi connectivity index (χ3n) is 4.35. The van der Waals surface area contributed by atoms with E-state index in [0.717, 1.165) is 16.7 Å². The van der Waals surface area contributed by atoms with Crippen molar-refractivity contribution in [2.45, 2.75) is 25.9 Å². The van der Waals surface area contributed by atoms with Gasteiger partial charge in [0.15, 0.2) is 0 Å². The molecule has 3 heteroatoms. The minimum atomic E-state index is -0.407. The van der Waals surface area contributed by atoms with Crippen molar-refractivity contribution in [3.05, 3.63) is 94.2 Å². The summed E-state index contributed by atoms with van der Waals surface area (Å²) >= 11 is 1.55. The van der Waals surface area contributed by atoms with E-state index in [2.05, 4.69) is 38.1 Å². The van der Waals surface area contributed by atoms with Crippen LogP contribution in [-0.2, 0) is 12.1 Å². The smallest absolute Gasteiger partial charge is 0.255 e. The molecule has 2 aromatic carbocycles. The summed E-state index contributed by atoms with van der Waals surface area (Å²) in [6, 6.07) is 22.3. The second-order valence-corrected chi connectivity index (χ2v) is 7.09. The van der Waals surface area contributed by atoms with Gasteiger partial charge < -0.3 is 4.90 Å². The number of carbonyl (C=O) groups is 1. The molecule has 0 atom stereocenters. The molecular formula is C21H21NOS. The molecule has 3 aromatic rings. The van der Waals surface area contributed by atoms with Crippen molar-refractivity contribution < 1.29 is 4.79 Å². The van der Waals surface area contributed by atoms with Crippen LogP contribution in [0.1, 0.15) is 35.3 Å². The molecule has 0 saturated heterocycles. The zero-order chi connectivity index (χ0) is 17.0. The normalized spacial score (nSPS) is 11.2. The maximum atomic E-state index is 13.2. The average Bonchev–Trinajstić information content (AvgIpc) is 3.15. The summed E-state index contributed by atoms with van der Waals surface area (Å²) in [7, 11) is 0. The number of benzene rings is 2. The van der Waals surface area contributed by atoms with Crippen LogP contribution in [0.25, 0.3) is 0 Å². The Morgan fingerprint density at radius 2 is 1.58 bits per heavy atom. The van der Waals surface area contributed by atoms with Crippen molar-refractivity contribution >= 4 is 17.2 Å². The predicted octanol–water partition coefficient (Wildman–Crippen LogP) is 5.33. The number of nitrogens with zero attached hydrogens (tertiary/aromatic N) is 1. The van der Waals surface area contributed by atoms with Crippen molar-refractivity contribution in [1.82, 2.24) is 4.90 Å². The Morgan fingerprint density at radius 1 is 0.958 bits per heavy atom. The third-order valence-corrected chi connectivity index (χ3v) is 5.04. The summed E-state index contributed by atoms with van der Waals surface area (Å²) in [6.45, 7) is 4.79. The van der Waals surface area contributed by atoms with Gasteiger partial charge in [0.2, 0.25) is 0 Å². The van der Waals surface area contributed by atoms with Gasteiger partial charge in [0, 0.05) is 11.9 Å². The second-order valence-electron chi connectivity index (χ2n) is 6.31. The molecule has 0 fully saturated rings. The topological polar surface area (TPSA) is 20.3 Å². The van der Waals surface area contributed by atoms with E-state index in [9.17, 15) is 4.79 Å². The first-order valence-corrected chi connectivity index (χ1v) is 8.97. The number of thiophene rings is 1. The summed E-state index contributed by atoms with van der Waals surface area (Å²) in [5.41, 5.74) is 2.60. The van der Waals surface area contributed by atoms with E-state index in [-0.39, 0.29) is 5.91 Å². The first kappa shape index (κ1) is 16.5. The van der Waals surface area contributed by atoms with Crippen LogP contribution in [0.4, 0.5) is 0 Å². The van der Waals surface area contributed by atoms with E-state index in [0.29, 0.717) is 6.54 Å². The zero-order valence-electron chi connectivity index (χ0n) is 14.0. The number of rotatable bonds is 5. The highest BCUT2D eigenvalue weighted by molar-refractivity contribution is 7.08. The highest BCUT2D eigenvalue weighted by Crippen LogP contribution is 2.31. The highest BCUT2D eigenvalue weighted by Gasteiger charge is 2.33. The molecule has 0 saturated carbocycles. The van der Waals surface area contributed by atoms with E-state index >= 15 is 0 Å². The summed E-state index contributed by atoms with van der Waals surface area (Å²) in [4.78, 5) is 15.1. The lowest BCUT2D eigenvalue weighted by Gasteiger charge is -2.39. The first-order valence-electron chi connectivity index (χ1n) is 8.02. The summed E-state index contributed by atoms with van der Waals surface area (Å²) < 4.78 is 0. The van der Waals surface area contributed by atoms with E-state index in [4.69, 9.17) is 0 Å². The fourth-order valence-electron chi connectivity index (χ4n) is 2.83. The van der Waals surface area contributed by atoms with Crippen LogP contribution in [0, 0.1) is 0 Å². The quantitative estimate of drug-likeness (QED) is 0.617. The summed E-state index contributed by atoms with van der Waals surface area (Å²) in [5.74, 6) is 0.0638. The van der Waals surface area contributed by atoms with Crippen LogP contribution in [0.2, 0.25) is 0 Å². The standard InChI is InChI=1S/C21H21NOS/c1-21(2,19-11-7-4-8-12-19)22(15-17-9-5-3-6-10-17)20(23)18-13-14-24-16-18/h3-14,16H,15H2,1-2H3. The van der Waals surface area contributed by atoms with Gasteiger partial charge in [-0.2, -0.15) is 11.3 Å². The Labute approximate surface area is 147 Å². The molecule has 2 nitrogen and oxygen atoms in total. The SMILES string of the molecule is CC(C)(c1ccccc1)N(Cc1ccccc1)C(=O)c1ccsc1. The fraction of sp³-hybridized carbons (Fsp3) is 0.190. The van der Waals surface area contributed by atoms with Crippen LogP contribution in [0.5, 0.6) is 0 Å². The van der Waals surface area contributed by atoms with E-state index < -0.39 is 5.54 Å². The molecule has 0 radical (unpaired) electrons. The molecule has 1 aromatic heterocycles. The molecule has 0 aliphatic rings. The number of hydrogen-bond acceptors (Lipinski definition) is 2. The van der Waals surface area contributed by atoms with Gasteiger partial charge in [0.1, 0.15) is 0 Å². The van der Waals surface area contributed by atoms with Gasteiger partial charge in [-0.15, -0.1) is 0 Å². The highest BCUT2D eigenvalue weighted by atomic mass is 32.1. The minimum Gasteiger partial charge on any atom is -0.325 e. The van der Waals surface area contributed by atoms with Gasteiger partial charge in [-0.25, -0.2) is 0 Å². The van der Waals surface area contributed by atoms with Crippen LogP contribution >= 0.6 is 11.3 Å². The summed E-state index contributed by atoms with van der Waals surface area (Å²) in [6.07, 6.45) is 0. The fourth-order valence-corrected chi connectivity index (χ4v) is 3.46. The lowest BCUT2D eigenvalue weighted by Crippen LogP contribution is -2.45. The molecule has 0 bridgehead atoms. The van der Waals surface area contributed by atoms with Crippen molar-refractivity contribution in [2.75, 3.05) is 0 Å². The van der Waals surface area contributed by atoms with Crippen LogP contribution in [-0.4, -0.2) is 10.8 Å². The number of amides is 1. The maximum Gasteiger partial charge on any atom is 0.255 e. The van der Waals surface area contributed by atoms with E-state index in [1.54, 1.807) is 11.3 Å². The van der Waals surface area contributed by atoms with Crippen LogP contribution < -0.4 is 0 Å². The zero-order valence-corrected chi connectivity index (χ0v) is 14.8. The van der Waals surface area contributed by atoms with Crippen molar-refractivity contribution in [2.24, 2.45) is 0 Å². The van der Waals surface area contributed by atoms with Gasteiger partial charge in [-0.05, 0) is 36.4 Å². The molecule has 24 heavy (non-hydrogen) atoms. The van der Waals surface area contributed by atoms with Gasteiger partial charge in [0.05, 0.1) is 11.1 Å². The lowest BCUT2D eigenvalue weighted by molar-refractivity contribution is 0.0515. The molecule has 0 aliphatic carbocycles. The summed E-state index contributed by atoms with van der Waals surface area (Å²) in [5, 5.41) is 3.87. The third kappa shape index (κ3) is 3.41. The molecule has 0 N–H and O–H groups in total. The predicted molar refractivity (Wildman–Crippen MR) is 100 cm³/mol. The van der Waals surface area contributed by atoms with Crippen LogP contribution in [0.3, 0.4) is 0 Å². The Morgan fingerprint density at radius 3 is 2.17 bits per heavy atom. The lowest BCUT2D eigenvalue weighted by atomic mass is 9.91. The van der Waals surface area contributed by atoms with Gasteiger partial charge in [0.25, 0.3) is 5.91 Å².